The standard InChI is InChI=1S/C14H17NO5/c1-2-19-13(17)11-9-4-3-8(7-9)10(11)12(16)15-5-6-20-14(15)18/h3-4,8-11H,2,5-7H2,1H3/t8-,9+,10-,11+/m0/s1. The Balaban J connectivity index is 1.83. The topological polar surface area (TPSA) is 72.9 Å². The van der Waals surface area contributed by atoms with Crippen molar-refractivity contribution in [2.45, 2.75) is 13.3 Å². The maximum atomic E-state index is 12.6. The van der Waals surface area contributed by atoms with Crippen LogP contribution in [-0.4, -0.2) is 42.6 Å². The van der Waals surface area contributed by atoms with Crippen LogP contribution in [0.15, 0.2) is 12.2 Å². The molecule has 6 nitrogen and oxygen atoms in total. The normalized spacial score (nSPS) is 34.5. The van der Waals surface area contributed by atoms with Gasteiger partial charge < -0.3 is 9.47 Å². The minimum absolute atomic E-state index is 0.0234. The van der Waals surface area contributed by atoms with Gasteiger partial charge >= 0.3 is 12.1 Å². The molecule has 20 heavy (non-hydrogen) atoms. The number of amides is 2. The van der Waals surface area contributed by atoms with E-state index in [1.807, 2.05) is 12.2 Å². The highest BCUT2D eigenvalue weighted by Crippen LogP contribution is 2.49. The van der Waals surface area contributed by atoms with E-state index in [-0.39, 0.29) is 36.9 Å². The van der Waals surface area contributed by atoms with Gasteiger partial charge in [-0.15, -0.1) is 0 Å². The van der Waals surface area contributed by atoms with Gasteiger partial charge in [0.1, 0.15) is 6.61 Å². The van der Waals surface area contributed by atoms with Crippen molar-refractivity contribution in [3.8, 4) is 0 Å². The number of imide groups is 1. The van der Waals surface area contributed by atoms with Gasteiger partial charge in [0, 0.05) is 0 Å². The first-order valence-electron chi connectivity index (χ1n) is 6.96. The molecule has 0 radical (unpaired) electrons. The second-order valence-corrected chi connectivity index (χ2v) is 5.36. The molecule has 3 rings (SSSR count). The molecule has 1 aliphatic heterocycles. The van der Waals surface area contributed by atoms with Crippen LogP contribution >= 0.6 is 0 Å². The van der Waals surface area contributed by atoms with Crippen molar-refractivity contribution in [1.29, 1.82) is 0 Å². The highest BCUT2D eigenvalue weighted by atomic mass is 16.6. The van der Waals surface area contributed by atoms with Crippen molar-refractivity contribution in [2.75, 3.05) is 19.8 Å². The quantitative estimate of drug-likeness (QED) is 0.568. The summed E-state index contributed by atoms with van der Waals surface area (Å²) in [5.41, 5.74) is 0. The van der Waals surface area contributed by atoms with Gasteiger partial charge in [0.05, 0.1) is 25.0 Å². The van der Waals surface area contributed by atoms with E-state index in [9.17, 15) is 14.4 Å². The van der Waals surface area contributed by atoms with Crippen LogP contribution in [0.5, 0.6) is 0 Å². The maximum Gasteiger partial charge on any atom is 0.416 e. The van der Waals surface area contributed by atoms with Crippen LogP contribution in [0.2, 0.25) is 0 Å². The number of allylic oxidation sites excluding steroid dienone is 2. The first-order chi connectivity index (χ1) is 9.63. The molecule has 0 aromatic heterocycles. The molecule has 2 amide bonds. The van der Waals surface area contributed by atoms with Crippen LogP contribution in [0, 0.1) is 23.7 Å². The summed E-state index contributed by atoms with van der Waals surface area (Å²) in [6.07, 6.45) is 4.13. The highest BCUT2D eigenvalue weighted by Gasteiger charge is 2.54. The minimum Gasteiger partial charge on any atom is -0.466 e. The van der Waals surface area contributed by atoms with Crippen molar-refractivity contribution < 1.29 is 23.9 Å². The van der Waals surface area contributed by atoms with Gasteiger partial charge in [0.25, 0.3) is 0 Å². The van der Waals surface area contributed by atoms with E-state index in [0.29, 0.717) is 6.61 Å². The lowest BCUT2D eigenvalue weighted by molar-refractivity contribution is -0.154. The Morgan fingerprint density at radius 3 is 2.65 bits per heavy atom. The molecule has 3 aliphatic rings. The number of fused-ring (bicyclic) bond motifs is 2. The van der Waals surface area contributed by atoms with Crippen LogP contribution in [0.1, 0.15) is 13.3 Å². The second kappa shape index (κ2) is 4.92. The zero-order chi connectivity index (χ0) is 14.3. The molecular weight excluding hydrogens is 262 g/mol. The van der Waals surface area contributed by atoms with Crippen molar-refractivity contribution in [3.05, 3.63) is 12.2 Å². The lowest BCUT2D eigenvalue weighted by atomic mass is 9.82. The Kier molecular flexibility index (Phi) is 3.23. The number of carbonyl (C=O) groups excluding carboxylic acids is 3. The molecule has 2 aliphatic carbocycles. The number of carbonyl (C=O) groups is 3. The molecule has 0 N–H and O–H groups in total. The van der Waals surface area contributed by atoms with Crippen molar-refractivity contribution in [1.82, 2.24) is 4.90 Å². The SMILES string of the molecule is CCOC(=O)[C@H]1[C@@H](C(=O)N2CCOC2=O)[C@H]2C=C[C@@H]1C2. The van der Waals surface area contributed by atoms with E-state index < -0.39 is 17.9 Å². The van der Waals surface area contributed by atoms with Gasteiger partial charge in [-0.05, 0) is 25.2 Å². The molecule has 1 saturated carbocycles. The van der Waals surface area contributed by atoms with Gasteiger partial charge in [-0.2, -0.15) is 0 Å². The van der Waals surface area contributed by atoms with Gasteiger partial charge in [-0.25, -0.2) is 9.69 Å². The van der Waals surface area contributed by atoms with E-state index in [1.54, 1.807) is 6.92 Å². The third-order valence-corrected chi connectivity index (χ3v) is 4.33. The summed E-state index contributed by atoms with van der Waals surface area (Å²) in [7, 11) is 0. The minimum atomic E-state index is -0.607. The summed E-state index contributed by atoms with van der Waals surface area (Å²) in [5.74, 6) is -1.53. The molecule has 2 bridgehead atoms. The molecule has 4 atom stereocenters. The van der Waals surface area contributed by atoms with Crippen LogP contribution < -0.4 is 0 Å². The van der Waals surface area contributed by atoms with Crippen LogP contribution in [0.3, 0.4) is 0 Å². The third kappa shape index (κ3) is 1.90. The first-order valence-corrected chi connectivity index (χ1v) is 6.96. The monoisotopic (exact) mass is 279 g/mol. The summed E-state index contributed by atoms with van der Waals surface area (Å²) in [4.78, 5) is 37.3. The highest BCUT2D eigenvalue weighted by molar-refractivity contribution is 5.97. The van der Waals surface area contributed by atoms with Gasteiger partial charge in [-0.1, -0.05) is 12.2 Å². The fourth-order valence-corrected chi connectivity index (χ4v) is 3.49. The average molecular weight is 279 g/mol. The summed E-state index contributed by atoms with van der Waals surface area (Å²) in [6, 6.07) is 0. The Labute approximate surface area is 116 Å². The third-order valence-electron chi connectivity index (χ3n) is 4.33. The molecule has 0 spiro atoms. The number of cyclic esters (lactones) is 1. The molecule has 0 aromatic carbocycles. The summed E-state index contributed by atoms with van der Waals surface area (Å²) < 4.78 is 9.89. The number of nitrogens with zero attached hydrogens (tertiary/aromatic N) is 1. The molecule has 108 valence electrons. The summed E-state index contributed by atoms with van der Waals surface area (Å²) in [5, 5.41) is 0. The number of esters is 1. The van der Waals surface area contributed by atoms with E-state index in [0.717, 1.165) is 11.3 Å². The van der Waals surface area contributed by atoms with E-state index >= 15 is 0 Å². The van der Waals surface area contributed by atoms with Crippen molar-refractivity contribution in [2.24, 2.45) is 23.7 Å². The Morgan fingerprint density at radius 2 is 2.05 bits per heavy atom. The molecule has 6 heteroatoms. The predicted molar refractivity (Wildman–Crippen MR) is 67.4 cm³/mol. The largest absolute Gasteiger partial charge is 0.466 e. The summed E-state index contributed by atoms with van der Waals surface area (Å²) >= 11 is 0. The van der Waals surface area contributed by atoms with E-state index in [4.69, 9.17) is 9.47 Å². The van der Waals surface area contributed by atoms with Crippen LogP contribution in [0.4, 0.5) is 4.79 Å². The maximum absolute atomic E-state index is 12.6. The van der Waals surface area contributed by atoms with Crippen molar-refractivity contribution >= 4 is 18.0 Å². The van der Waals surface area contributed by atoms with E-state index in [1.165, 1.54) is 0 Å². The van der Waals surface area contributed by atoms with Gasteiger partial charge in [-0.3, -0.25) is 9.59 Å². The lowest BCUT2D eigenvalue weighted by Gasteiger charge is -2.27. The van der Waals surface area contributed by atoms with Gasteiger partial charge in [0.2, 0.25) is 5.91 Å². The average Bonchev–Trinajstić information content (AvgIpc) is 3.12. The molecule has 0 aromatic rings. The Morgan fingerprint density at radius 1 is 1.35 bits per heavy atom. The molecule has 0 unspecified atom stereocenters. The first kappa shape index (κ1) is 13.1. The number of rotatable bonds is 3. The number of hydrogen-bond acceptors (Lipinski definition) is 5. The second-order valence-electron chi connectivity index (χ2n) is 5.36. The zero-order valence-corrected chi connectivity index (χ0v) is 11.3. The number of ether oxygens (including phenoxy) is 2. The Hall–Kier alpha value is -1.85. The van der Waals surface area contributed by atoms with Crippen molar-refractivity contribution in [3.63, 3.8) is 0 Å². The fourth-order valence-electron chi connectivity index (χ4n) is 3.49. The lowest BCUT2D eigenvalue weighted by Crippen LogP contribution is -2.43. The zero-order valence-electron chi connectivity index (χ0n) is 11.3. The predicted octanol–water partition coefficient (Wildman–Crippen LogP) is 0.967. The molecule has 1 saturated heterocycles. The Bertz CT molecular complexity index is 486. The number of hydrogen-bond donors (Lipinski definition) is 0. The fraction of sp³-hybridized carbons (Fsp3) is 0.643. The van der Waals surface area contributed by atoms with Gasteiger partial charge in [0.15, 0.2) is 0 Å². The molecule has 2 fully saturated rings. The van der Waals surface area contributed by atoms with E-state index in [2.05, 4.69) is 0 Å². The molecular formula is C14H17NO5. The van der Waals surface area contributed by atoms with Crippen LogP contribution in [-0.2, 0) is 19.1 Å². The molecule has 1 heterocycles. The smallest absolute Gasteiger partial charge is 0.416 e. The summed E-state index contributed by atoms with van der Waals surface area (Å²) in [6.45, 7) is 2.54. The van der Waals surface area contributed by atoms with Crippen LogP contribution in [0.25, 0.3) is 0 Å².